The molecule has 1 aliphatic rings. The molecule has 6 unspecified atom stereocenters. The molecule has 0 amide bonds. The molecule has 6 atom stereocenters. The number of aryl methyl sites for hydroxylation is 1. The van der Waals surface area contributed by atoms with Crippen molar-refractivity contribution >= 4 is 22.8 Å². The second kappa shape index (κ2) is 12.6. The van der Waals surface area contributed by atoms with Gasteiger partial charge in [0.1, 0.15) is 43.2 Å². The third-order valence-electron chi connectivity index (χ3n) is 6.22. The minimum absolute atomic E-state index is 0.0443. The number of allylic oxidation sites excluding steroid dienone is 1. The lowest BCUT2D eigenvalue weighted by Crippen LogP contribution is -3.26. The van der Waals surface area contributed by atoms with Crippen LogP contribution in [0.5, 0.6) is 5.75 Å². The number of hydrogen-bond acceptors (Lipinski definition) is 7. The number of aromatic hydroxyl groups is 1. The highest BCUT2D eigenvalue weighted by molar-refractivity contribution is 7.50. The SMILES string of the molecule is C=CCCc1ccc(O)c(C[NH+](CP(=O)([O-])O)C2CCCCC2[NH+](CP(=O)([O-])O)CP(=O)([O-])O)c1. The van der Waals surface area contributed by atoms with E-state index in [1.54, 1.807) is 18.2 Å². The summed E-state index contributed by atoms with van der Waals surface area (Å²) in [6.07, 6.45) is 2.31. The number of rotatable bonds is 13. The number of hydrogen-bond donors (Lipinski definition) is 6. The standard InChI is InChI=1S/C20H35N2O10P3/c1-2-3-6-16-9-10-20(23)17(11-16)12-21(13-33(24,25)26)18-7-4-5-8-19(18)22(14-34(27,28)29)15-35(30,31)32/h2,9-11,18-19,23H,1,3-8,12-15H2,(H2,24,25,26)(H2,27,28,29)(H2,30,31,32)/p-1. The zero-order valence-corrected chi connectivity index (χ0v) is 22.0. The van der Waals surface area contributed by atoms with Crippen LogP contribution in [0.15, 0.2) is 30.9 Å². The number of nitrogens with one attached hydrogen (secondary N) is 2. The average Bonchev–Trinajstić information content (AvgIpc) is 2.70. The van der Waals surface area contributed by atoms with Gasteiger partial charge in [0, 0.05) is 18.4 Å². The molecule has 0 radical (unpaired) electrons. The molecule has 2 rings (SSSR count). The Morgan fingerprint density at radius 2 is 1.40 bits per heavy atom. The van der Waals surface area contributed by atoms with E-state index < -0.39 is 53.7 Å². The average molecular weight is 555 g/mol. The van der Waals surface area contributed by atoms with Crippen LogP contribution in [0.1, 0.15) is 43.2 Å². The summed E-state index contributed by atoms with van der Waals surface area (Å²) < 4.78 is 35.2. The second-order valence-corrected chi connectivity index (χ2v) is 13.9. The molecule has 35 heavy (non-hydrogen) atoms. The highest BCUT2D eigenvalue weighted by atomic mass is 31.2. The van der Waals surface area contributed by atoms with Gasteiger partial charge in [-0.15, -0.1) is 6.58 Å². The third kappa shape index (κ3) is 11.0. The Bertz CT molecular complexity index is 981. The molecule has 1 fully saturated rings. The van der Waals surface area contributed by atoms with Gasteiger partial charge in [-0.2, -0.15) is 0 Å². The zero-order chi connectivity index (χ0) is 26.4. The fraction of sp³-hybridized carbons (Fsp3) is 0.600. The van der Waals surface area contributed by atoms with Crippen molar-refractivity contribution in [1.82, 2.24) is 0 Å². The van der Waals surface area contributed by atoms with Crippen LogP contribution in [0.3, 0.4) is 0 Å². The molecule has 1 aliphatic carbocycles. The van der Waals surface area contributed by atoms with Crippen molar-refractivity contribution in [3.63, 3.8) is 0 Å². The summed E-state index contributed by atoms with van der Waals surface area (Å²) in [4.78, 5) is 63.9. The van der Waals surface area contributed by atoms with Crippen LogP contribution in [-0.2, 0) is 26.7 Å². The predicted molar refractivity (Wildman–Crippen MR) is 122 cm³/mol. The molecule has 1 saturated carbocycles. The van der Waals surface area contributed by atoms with Crippen molar-refractivity contribution in [2.75, 3.05) is 18.9 Å². The number of phenols is 1. The smallest absolute Gasteiger partial charge is 0.187 e. The second-order valence-electron chi connectivity index (χ2n) is 9.17. The largest absolute Gasteiger partial charge is 0.775 e. The van der Waals surface area contributed by atoms with E-state index in [1.165, 1.54) is 6.07 Å². The third-order valence-corrected chi connectivity index (χ3v) is 8.64. The summed E-state index contributed by atoms with van der Waals surface area (Å²) in [6, 6.07) is 3.51. The van der Waals surface area contributed by atoms with Crippen molar-refractivity contribution in [3.05, 3.63) is 42.0 Å². The van der Waals surface area contributed by atoms with E-state index in [-0.39, 0.29) is 17.2 Å². The van der Waals surface area contributed by atoms with Gasteiger partial charge in [-0.25, -0.2) is 0 Å². The molecule has 0 bridgehead atoms. The Morgan fingerprint density at radius 1 is 0.914 bits per heavy atom. The molecule has 0 heterocycles. The Labute approximate surface area is 204 Å². The maximum absolute atomic E-state index is 11.9. The molecular formula is C20H34N2O10P3-. The molecule has 0 saturated heterocycles. The lowest BCUT2D eigenvalue weighted by Gasteiger charge is -2.43. The molecule has 0 aliphatic heterocycles. The highest BCUT2D eigenvalue weighted by Crippen LogP contribution is 2.31. The minimum atomic E-state index is -4.95. The molecular weight excluding hydrogens is 521 g/mol. The van der Waals surface area contributed by atoms with Crippen LogP contribution >= 0.6 is 22.8 Å². The van der Waals surface area contributed by atoms with Gasteiger partial charge in [0.2, 0.25) is 0 Å². The van der Waals surface area contributed by atoms with Gasteiger partial charge in [0.25, 0.3) is 0 Å². The van der Waals surface area contributed by atoms with Crippen LogP contribution in [0.25, 0.3) is 0 Å². The van der Waals surface area contributed by atoms with E-state index in [9.17, 15) is 48.2 Å². The topological polar surface area (TPSA) is 210 Å². The van der Waals surface area contributed by atoms with Gasteiger partial charge >= 0.3 is 0 Å². The molecule has 1 aromatic rings. The van der Waals surface area contributed by atoms with Crippen LogP contribution in [0, 0.1) is 0 Å². The highest BCUT2D eigenvalue weighted by Gasteiger charge is 2.43. The number of benzene rings is 1. The molecule has 0 spiro atoms. The van der Waals surface area contributed by atoms with Crippen molar-refractivity contribution in [2.24, 2.45) is 0 Å². The maximum Gasteiger partial charge on any atom is 0.187 e. The molecule has 15 heteroatoms. The Morgan fingerprint density at radius 3 is 1.89 bits per heavy atom. The Kier molecular flexibility index (Phi) is 10.9. The van der Waals surface area contributed by atoms with Gasteiger partial charge in [-0.1, -0.05) is 12.1 Å². The van der Waals surface area contributed by atoms with Crippen LogP contribution in [-0.4, -0.2) is 50.7 Å². The zero-order valence-electron chi connectivity index (χ0n) is 19.3. The quantitative estimate of drug-likeness (QED) is 0.112. The van der Waals surface area contributed by atoms with Crippen LogP contribution in [0.2, 0.25) is 0 Å². The maximum atomic E-state index is 11.9. The minimum Gasteiger partial charge on any atom is -0.775 e. The first-order chi connectivity index (χ1) is 16.1. The summed E-state index contributed by atoms with van der Waals surface area (Å²) in [7, 11) is -14.7. The fourth-order valence-electron chi connectivity index (χ4n) is 4.92. The first-order valence-corrected chi connectivity index (χ1v) is 16.6. The lowest BCUT2D eigenvalue weighted by atomic mass is 9.88. The molecule has 200 valence electrons. The first kappa shape index (κ1) is 30.4. The number of phenolic OH excluding ortho intramolecular Hbond substituents is 1. The van der Waals surface area contributed by atoms with Gasteiger partial charge < -0.3 is 58.0 Å². The van der Waals surface area contributed by atoms with E-state index >= 15 is 0 Å². The Balaban J connectivity index is 2.45. The molecule has 0 aromatic heterocycles. The van der Waals surface area contributed by atoms with Gasteiger partial charge in [-0.05, 0) is 43.4 Å². The molecule has 6 N–H and O–H groups in total. The monoisotopic (exact) mass is 555 g/mol. The summed E-state index contributed by atoms with van der Waals surface area (Å²) in [5, 5.41) is 10.4. The lowest BCUT2D eigenvalue weighted by molar-refractivity contribution is -0.991. The van der Waals surface area contributed by atoms with Gasteiger partial charge in [-0.3, -0.25) is 0 Å². The summed E-state index contributed by atoms with van der Waals surface area (Å²) in [5.74, 6) is -0.0843. The van der Waals surface area contributed by atoms with Gasteiger partial charge in [0.15, 0.2) is 22.8 Å². The van der Waals surface area contributed by atoms with E-state index in [0.29, 0.717) is 49.0 Å². The van der Waals surface area contributed by atoms with Crippen molar-refractivity contribution in [3.8, 4) is 5.75 Å². The normalized spacial score (nSPS) is 25.5. The summed E-state index contributed by atoms with van der Waals surface area (Å²) >= 11 is 0. The van der Waals surface area contributed by atoms with E-state index in [0.717, 1.165) is 5.56 Å². The molecule has 1 aromatic carbocycles. The summed E-state index contributed by atoms with van der Waals surface area (Å²) in [6.45, 7) is 3.63. The van der Waals surface area contributed by atoms with Crippen LogP contribution < -0.4 is 24.5 Å². The number of quaternary nitrogens is 2. The van der Waals surface area contributed by atoms with E-state index in [4.69, 9.17) is 0 Å². The predicted octanol–water partition coefficient (Wildman–Crippen LogP) is -2.40. The van der Waals surface area contributed by atoms with Gasteiger partial charge in [0.05, 0.1) is 0 Å². The van der Waals surface area contributed by atoms with Crippen molar-refractivity contribution in [1.29, 1.82) is 0 Å². The summed E-state index contributed by atoms with van der Waals surface area (Å²) in [5.41, 5.74) is 1.29. The van der Waals surface area contributed by atoms with Crippen molar-refractivity contribution < 1.29 is 58.0 Å². The molecule has 12 nitrogen and oxygen atoms in total. The van der Waals surface area contributed by atoms with Crippen LogP contribution in [0.4, 0.5) is 0 Å². The van der Waals surface area contributed by atoms with Crippen molar-refractivity contribution in [2.45, 2.75) is 57.2 Å². The first-order valence-electron chi connectivity index (χ1n) is 11.3. The fourth-order valence-corrected chi connectivity index (χ4v) is 7.67. The van der Waals surface area contributed by atoms with E-state index in [2.05, 4.69) is 6.58 Å². The Hall–Kier alpha value is -0.870. The van der Waals surface area contributed by atoms with E-state index in [1.807, 2.05) is 0 Å².